The van der Waals surface area contributed by atoms with Crippen LogP contribution in [-0.4, -0.2) is 17.4 Å². The molecule has 0 aromatic heterocycles. The molecule has 1 N–H and O–H groups in total. The summed E-state index contributed by atoms with van der Waals surface area (Å²) in [5, 5.41) is 21.8. The fraction of sp³-hybridized carbons (Fsp3) is 0.385. The number of carbonyl (C=O) groups is 1. The minimum absolute atomic E-state index is 0.0582. The van der Waals surface area contributed by atoms with E-state index in [0.717, 1.165) is 6.42 Å². The molecule has 6 nitrogen and oxygen atoms in total. The summed E-state index contributed by atoms with van der Waals surface area (Å²) in [6.07, 6.45) is 1.91. The van der Waals surface area contributed by atoms with Crippen molar-refractivity contribution in [2.75, 3.05) is 6.54 Å². The molecular weight excluding hydrogens is 246 g/mol. The summed E-state index contributed by atoms with van der Waals surface area (Å²) in [5.74, 6) is -0.321. The van der Waals surface area contributed by atoms with Crippen LogP contribution < -0.4 is 5.32 Å². The average Bonchev–Trinajstić information content (AvgIpc) is 2.38. The predicted molar refractivity (Wildman–Crippen MR) is 69.6 cm³/mol. The van der Waals surface area contributed by atoms with Crippen molar-refractivity contribution < 1.29 is 9.72 Å². The number of rotatable bonds is 6. The van der Waals surface area contributed by atoms with E-state index in [2.05, 4.69) is 5.32 Å². The maximum atomic E-state index is 11.9. The molecule has 1 rings (SSSR count). The average molecular weight is 261 g/mol. The van der Waals surface area contributed by atoms with Gasteiger partial charge in [0.05, 0.1) is 11.0 Å². The van der Waals surface area contributed by atoms with Crippen molar-refractivity contribution >= 4 is 11.6 Å². The molecule has 0 saturated heterocycles. The van der Waals surface area contributed by atoms with E-state index in [1.807, 2.05) is 6.07 Å². The first-order valence-electron chi connectivity index (χ1n) is 5.97. The van der Waals surface area contributed by atoms with E-state index in [9.17, 15) is 14.9 Å². The van der Waals surface area contributed by atoms with Gasteiger partial charge >= 0.3 is 0 Å². The molecule has 6 heteroatoms. The zero-order valence-electron chi connectivity index (χ0n) is 10.7. The van der Waals surface area contributed by atoms with Crippen LogP contribution in [0.3, 0.4) is 0 Å². The van der Waals surface area contributed by atoms with Gasteiger partial charge in [-0.25, -0.2) is 0 Å². The van der Waals surface area contributed by atoms with Crippen molar-refractivity contribution in [3.63, 3.8) is 0 Å². The standard InChI is InChI=1S/C13H15N3O3/c1-10-11(6-5-7-12(10)16(18)19)13(17)15-9-4-2-3-8-14/h5-7H,2-4,9H2,1H3,(H,15,17). The van der Waals surface area contributed by atoms with Gasteiger partial charge in [0.25, 0.3) is 11.6 Å². The van der Waals surface area contributed by atoms with Crippen molar-refractivity contribution in [1.29, 1.82) is 5.26 Å². The summed E-state index contributed by atoms with van der Waals surface area (Å²) >= 11 is 0. The maximum Gasteiger partial charge on any atom is 0.273 e. The van der Waals surface area contributed by atoms with Crippen LogP contribution in [0, 0.1) is 28.4 Å². The third kappa shape index (κ3) is 4.07. The summed E-state index contributed by atoms with van der Waals surface area (Å²) in [4.78, 5) is 22.1. The van der Waals surface area contributed by atoms with Gasteiger partial charge in [0.2, 0.25) is 0 Å². The number of hydrogen-bond donors (Lipinski definition) is 1. The number of hydrogen-bond acceptors (Lipinski definition) is 4. The molecule has 0 aliphatic heterocycles. The summed E-state index contributed by atoms with van der Waals surface area (Å²) in [5.41, 5.74) is 0.619. The zero-order chi connectivity index (χ0) is 14.3. The number of nitro benzene ring substituents is 1. The number of carbonyl (C=O) groups excluding carboxylic acids is 1. The van der Waals surface area contributed by atoms with Crippen molar-refractivity contribution in [2.24, 2.45) is 0 Å². The molecule has 0 unspecified atom stereocenters. The summed E-state index contributed by atoms with van der Waals surface area (Å²) in [6, 6.07) is 6.46. The molecule has 100 valence electrons. The van der Waals surface area contributed by atoms with Gasteiger partial charge in [0.15, 0.2) is 0 Å². The molecule has 1 aromatic rings. The Labute approximate surface area is 111 Å². The molecular formula is C13H15N3O3. The van der Waals surface area contributed by atoms with Gasteiger partial charge in [-0.3, -0.25) is 14.9 Å². The lowest BCUT2D eigenvalue weighted by molar-refractivity contribution is -0.385. The van der Waals surface area contributed by atoms with Gasteiger partial charge in [-0.1, -0.05) is 6.07 Å². The highest BCUT2D eigenvalue weighted by atomic mass is 16.6. The van der Waals surface area contributed by atoms with E-state index in [0.29, 0.717) is 30.5 Å². The fourth-order valence-electron chi connectivity index (χ4n) is 1.69. The van der Waals surface area contributed by atoms with E-state index in [-0.39, 0.29) is 11.6 Å². The monoisotopic (exact) mass is 261 g/mol. The molecule has 0 radical (unpaired) electrons. The van der Waals surface area contributed by atoms with E-state index < -0.39 is 4.92 Å². The molecule has 1 aromatic carbocycles. The molecule has 19 heavy (non-hydrogen) atoms. The Bertz CT molecular complexity index is 520. The van der Waals surface area contributed by atoms with Crippen LogP contribution in [-0.2, 0) is 0 Å². The lowest BCUT2D eigenvalue weighted by atomic mass is 10.1. The largest absolute Gasteiger partial charge is 0.352 e. The van der Waals surface area contributed by atoms with E-state index in [4.69, 9.17) is 5.26 Å². The Morgan fingerprint density at radius 1 is 1.47 bits per heavy atom. The zero-order valence-corrected chi connectivity index (χ0v) is 10.7. The molecule has 0 fully saturated rings. The quantitative estimate of drug-likeness (QED) is 0.483. The second-order valence-corrected chi connectivity index (χ2v) is 4.08. The number of amides is 1. The van der Waals surface area contributed by atoms with Gasteiger partial charge in [0.1, 0.15) is 0 Å². The van der Waals surface area contributed by atoms with Crippen LogP contribution in [0.4, 0.5) is 5.69 Å². The van der Waals surface area contributed by atoms with Gasteiger partial charge in [-0.15, -0.1) is 0 Å². The van der Waals surface area contributed by atoms with Crippen LogP contribution in [0.1, 0.15) is 35.2 Å². The van der Waals surface area contributed by atoms with E-state index >= 15 is 0 Å². The van der Waals surface area contributed by atoms with Crippen LogP contribution >= 0.6 is 0 Å². The maximum absolute atomic E-state index is 11.9. The third-order valence-electron chi connectivity index (χ3n) is 2.75. The molecule has 0 aliphatic rings. The predicted octanol–water partition coefficient (Wildman–Crippen LogP) is 2.33. The number of nitrogens with zero attached hydrogens (tertiary/aromatic N) is 2. The number of benzene rings is 1. The van der Waals surface area contributed by atoms with E-state index in [1.54, 1.807) is 13.0 Å². The van der Waals surface area contributed by atoms with Crippen molar-refractivity contribution in [1.82, 2.24) is 5.32 Å². The molecule has 0 spiro atoms. The lowest BCUT2D eigenvalue weighted by Gasteiger charge is -2.07. The number of nitro groups is 1. The molecule has 0 bridgehead atoms. The summed E-state index contributed by atoms with van der Waals surface area (Å²) < 4.78 is 0. The van der Waals surface area contributed by atoms with Crippen LogP contribution in [0.2, 0.25) is 0 Å². The highest BCUT2D eigenvalue weighted by molar-refractivity contribution is 5.96. The smallest absolute Gasteiger partial charge is 0.273 e. The highest BCUT2D eigenvalue weighted by Crippen LogP contribution is 2.20. The molecule has 0 saturated carbocycles. The van der Waals surface area contributed by atoms with Gasteiger partial charge in [-0.2, -0.15) is 5.26 Å². The minimum atomic E-state index is -0.501. The Hall–Kier alpha value is -2.42. The van der Waals surface area contributed by atoms with Crippen LogP contribution in [0.5, 0.6) is 0 Å². The first-order valence-corrected chi connectivity index (χ1v) is 5.97. The Kier molecular flexibility index (Phi) is 5.48. The van der Waals surface area contributed by atoms with E-state index in [1.165, 1.54) is 12.1 Å². The molecule has 0 aliphatic carbocycles. The second-order valence-electron chi connectivity index (χ2n) is 4.08. The third-order valence-corrected chi connectivity index (χ3v) is 2.75. The normalized spacial score (nSPS) is 9.68. The topological polar surface area (TPSA) is 96.0 Å². The van der Waals surface area contributed by atoms with Crippen molar-refractivity contribution in [3.05, 3.63) is 39.4 Å². The first-order chi connectivity index (χ1) is 9.07. The highest BCUT2D eigenvalue weighted by Gasteiger charge is 2.17. The molecule has 0 heterocycles. The minimum Gasteiger partial charge on any atom is -0.352 e. The van der Waals surface area contributed by atoms with Crippen LogP contribution in [0.25, 0.3) is 0 Å². The number of unbranched alkanes of at least 4 members (excludes halogenated alkanes) is 2. The summed E-state index contributed by atoms with van der Waals surface area (Å²) in [7, 11) is 0. The SMILES string of the molecule is Cc1c(C(=O)NCCCCC#N)cccc1[N+](=O)[O-]. The number of nitriles is 1. The van der Waals surface area contributed by atoms with Crippen LogP contribution in [0.15, 0.2) is 18.2 Å². The van der Waals surface area contributed by atoms with Gasteiger partial charge in [-0.05, 0) is 25.8 Å². The lowest BCUT2D eigenvalue weighted by Crippen LogP contribution is -2.25. The summed E-state index contributed by atoms with van der Waals surface area (Å²) in [6.45, 7) is 2.02. The Balaban J connectivity index is 2.65. The van der Waals surface area contributed by atoms with Gasteiger partial charge < -0.3 is 5.32 Å². The molecule has 1 amide bonds. The Morgan fingerprint density at radius 3 is 2.84 bits per heavy atom. The number of nitrogens with one attached hydrogen (secondary N) is 1. The van der Waals surface area contributed by atoms with Crippen molar-refractivity contribution in [2.45, 2.75) is 26.2 Å². The first kappa shape index (κ1) is 14.6. The fourth-order valence-corrected chi connectivity index (χ4v) is 1.69. The molecule has 0 atom stereocenters. The second kappa shape index (κ2) is 7.11. The Morgan fingerprint density at radius 2 is 2.21 bits per heavy atom. The van der Waals surface area contributed by atoms with Gasteiger partial charge in [0, 0.05) is 30.2 Å². The van der Waals surface area contributed by atoms with Crippen molar-refractivity contribution in [3.8, 4) is 6.07 Å².